The first-order valence-electron chi connectivity index (χ1n) is 3.76. The van der Waals surface area contributed by atoms with Crippen LogP contribution in [0.25, 0.3) is 10.9 Å². The second kappa shape index (κ2) is 2.85. The largest absolute Gasteiger partial charge is 0.481 e. The van der Waals surface area contributed by atoms with Gasteiger partial charge in [0.05, 0.1) is 24.3 Å². The maximum Gasteiger partial charge on any atom is 0.309 e. The summed E-state index contributed by atoms with van der Waals surface area (Å²) in [5, 5.41) is 16.8. The van der Waals surface area contributed by atoms with Gasteiger partial charge in [0.2, 0.25) is 0 Å². The van der Waals surface area contributed by atoms with Crippen molar-refractivity contribution in [1.29, 1.82) is 0 Å². The Bertz CT molecular complexity index is 416. The first-order chi connectivity index (χ1) is 6.25. The number of hydrogen-bond donors (Lipinski definition) is 2. The van der Waals surface area contributed by atoms with Crippen LogP contribution in [-0.4, -0.2) is 26.3 Å². The standard InChI is InChI=1S/C8H7N3O2/c12-8(13)2-6-1-5-3-9-10-4-7(5)11-6/h1,3-4,11H,2H2,(H,12,13). The van der Waals surface area contributed by atoms with Gasteiger partial charge in [0.25, 0.3) is 0 Å². The normalized spacial score (nSPS) is 10.5. The molecule has 0 bridgehead atoms. The first-order valence-corrected chi connectivity index (χ1v) is 3.76. The van der Waals surface area contributed by atoms with Crippen molar-refractivity contribution >= 4 is 16.9 Å². The van der Waals surface area contributed by atoms with E-state index < -0.39 is 5.97 Å². The van der Waals surface area contributed by atoms with Gasteiger partial charge in [0.1, 0.15) is 0 Å². The highest BCUT2D eigenvalue weighted by atomic mass is 16.4. The fourth-order valence-corrected chi connectivity index (χ4v) is 1.21. The lowest BCUT2D eigenvalue weighted by molar-refractivity contribution is -0.136. The average molecular weight is 177 g/mol. The van der Waals surface area contributed by atoms with Crippen LogP contribution in [0.4, 0.5) is 0 Å². The number of aromatic amines is 1. The quantitative estimate of drug-likeness (QED) is 0.703. The van der Waals surface area contributed by atoms with E-state index in [9.17, 15) is 4.79 Å². The Morgan fingerprint density at radius 1 is 1.46 bits per heavy atom. The molecule has 0 spiro atoms. The fraction of sp³-hybridized carbons (Fsp3) is 0.125. The maximum absolute atomic E-state index is 10.4. The predicted octanol–water partition coefficient (Wildman–Crippen LogP) is 0.585. The number of H-pyrrole nitrogens is 1. The molecule has 66 valence electrons. The van der Waals surface area contributed by atoms with E-state index >= 15 is 0 Å². The van der Waals surface area contributed by atoms with E-state index in [0.29, 0.717) is 5.69 Å². The third kappa shape index (κ3) is 1.48. The summed E-state index contributed by atoms with van der Waals surface area (Å²) in [5.74, 6) is -0.854. The van der Waals surface area contributed by atoms with E-state index in [2.05, 4.69) is 15.2 Å². The summed E-state index contributed by atoms with van der Waals surface area (Å²) >= 11 is 0. The zero-order valence-electron chi connectivity index (χ0n) is 6.69. The van der Waals surface area contributed by atoms with Gasteiger partial charge in [-0.1, -0.05) is 0 Å². The number of aliphatic carboxylic acids is 1. The zero-order valence-corrected chi connectivity index (χ0v) is 6.69. The number of nitrogens with zero attached hydrogens (tertiary/aromatic N) is 2. The highest BCUT2D eigenvalue weighted by molar-refractivity contribution is 5.80. The summed E-state index contributed by atoms with van der Waals surface area (Å²) in [7, 11) is 0. The third-order valence-electron chi connectivity index (χ3n) is 1.73. The molecule has 2 aromatic heterocycles. The average Bonchev–Trinajstić information content (AvgIpc) is 2.44. The number of aromatic nitrogens is 3. The molecule has 2 rings (SSSR count). The lowest BCUT2D eigenvalue weighted by Gasteiger charge is -1.87. The van der Waals surface area contributed by atoms with Crippen LogP contribution < -0.4 is 0 Å². The highest BCUT2D eigenvalue weighted by Crippen LogP contribution is 2.12. The molecule has 0 aliphatic heterocycles. The Labute approximate surface area is 73.4 Å². The number of hydrogen-bond acceptors (Lipinski definition) is 3. The molecule has 5 nitrogen and oxygen atoms in total. The third-order valence-corrected chi connectivity index (χ3v) is 1.73. The molecule has 0 unspecified atom stereocenters. The monoisotopic (exact) mass is 177 g/mol. The summed E-state index contributed by atoms with van der Waals surface area (Å²) in [6.07, 6.45) is 3.16. The van der Waals surface area contributed by atoms with Gasteiger partial charge in [-0.2, -0.15) is 10.2 Å². The molecule has 2 aromatic rings. The van der Waals surface area contributed by atoms with Gasteiger partial charge in [-0.3, -0.25) is 4.79 Å². The Morgan fingerprint density at radius 3 is 2.92 bits per heavy atom. The van der Waals surface area contributed by atoms with Crippen molar-refractivity contribution in [2.45, 2.75) is 6.42 Å². The molecular weight excluding hydrogens is 170 g/mol. The van der Waals surface area contributed by atoms with Crippen LogP contribution >= 0.6 is 0 Å². The summed E-state index contributed by atoms with van der Waals surface area (Å²) < 4.78 is 0. The molecule has 0 radical (unpaired) electrons. The molecule has 0 aliphatic carbocycles. The number of carbonyl (C=O) groups is 1. The minimum atomic E-state index is -0.854. The molecule has 0 saturated heterocycles. The lowest BCUT2D eigenvalue weighted by Crippen LogP contribution is -1.99. The molecule has 0 fully saturated rings. The molecule has 0 amide bonds. The van der Waals surface area contributed by atoms with Gasteiger partial charge in [-0.15, -0.1) is 0 Å². The molecule has 13 heavy (non-hydrogen) atoms. The van der Waals surface area contributed by atoms with Crippen LogP contribution in [0.5, 0.6) is 0 Å². The SMILES string of the molecule is O=C(O)Cc1cc2cnncc2[nH]1. The van der Waals surface area contributed by atoms with Gasteiger partial charge < -0.3 is 10.1 Å². The molecule has 2 N–H and O–H groups in total. The fourth-order valence-electron chi connectivity index (χ4n) is 1.21. The van der Waals surface area contributed by atoms with Crippen molar-refractivity contribution in [1.82, 2.24) is 15.2 Å². The molecule has 2 heterocycles. The Kier molecular flexibility index (Phi) is 1.70. The van der Waals surface area contributed by atoms with Crippen molar-refractivity contribution in [3.63, 3.8) is 0 Å². The molecule has 0 saturated carbocycles. The first kappa shape index (κ1) is 7.72. The van der Waals surface area contributed by atoms with Gasteiger partial charge >= 0.3 is 5.97 Å². The topological polar surface area (TPSA) is 78.9 Å². The smallest absolute Gasteiger partial charge is 0.309 e. The van der Waals surface area contributed by atoms with E-state index in [1.807, 2.05) is 0 Å². The van der Waals surface area contributed by atoms with Gasteiger partial charge in [0.15, 0.2) is 0 Å². The summed E-state index contributed by atoms with van der Waals surface area (Å²) in [5.41, 5.74) is 1.48. The Hall–Kier alpha value is -1.91. The molecule has 0 aromatic carbocycles. The van der Waals surface area contributed by atoms with Crippen LogP contribution in [0.3, 0.4) is 0 Å². The van der Waals surface area contributed by atoms with Gasteiger partial charge in [-0.05, 0) is 6.07 Å². The molecule has 0 atom stereocenters. The number of carboxylic acids is 1. The predicted molar refractivity (Wildman–Crippen MR) is 45.2 cm³/mol. The maximum atomic E-state index is 10.4. The number of nitrogens with one attached hydrogen (secondary N) is 1. The van der Waals surface area contributed by atoms with Gasteiger partial charge in [-0.25, -0.2) is 0 Å². The lowest BCUT2D eigenvalue weighted by atomic mass is 10.3. The van der Waals surface area contributed by atoms with Gasteiger partial charge in [0, 0.05) is 11.1 Å². The van der Waals surface area contributed by atoms with E-state index in [1.54, 1.807) is 18.5 Å². The highest BCUT2D eigenvalue weighted by Gasteiger charge is 2.04. The second-order valence-electron chi connectivity index (χ2n) is 2.72. The summed E-state index contributed by atoms with van der Waals surface area (Å²) in [6.45, 7) is 0. The van der Waals surface area contributed by atoms with Crippen LogP contribution in [0.1, 0.15) is 5.69 Å². The van der Waals surface area contributed by atoms with Crippen LogP contribution in [0.2, 0.25) is 0 Å². The second-order valence-corrected chi connectivity index (χ2v) is 2.72. The Morgan fingerprint density at radius 2 is 2.23 bits per heavy atom. The summed E-state index contributed by atoms with van der Waals surface area (Å²) in [6, 6.07) is 1.76. The van der Waals surface area contributed by atoms with Crippen LogP contribution in [-0.2, 0) is 11.2 Å². The zero-order chi connectivity index (χ0) is 9.26. The Balaban J connectivity index is 2.44. The number of carboxylic acid groups (broad SMARTS) is 1. The summed E-state index contributed by atoms with van der Waals surface area (Å²) in [4.78, 5) is 13.3. The van der Waals surface area contributed by atoms with Crippen molar-refractivity contribution in [2.75, 3.05) is 0 Å². The minimum Gasteiger partial charge on any atom is -0.481 e. The van der Waals surface area contributed by atoms with Crippen molar-refractivity contribution in [3.8, 4) is 0 Å². The van der Waals surface area contributed by atoms with Crippen LogP contribution in [0.15, 0.2) is 18.5 Å². The van der Waals surface area contributed by atoms with Crippen molar-refractivity contribution in [3.05, 3.63) is 24.2 Å². The molecule has 5 heteroatoms. The van der Waals surface area contributed by atoms with E-state index in [0.717, 1.165) is 10.9 Å². The number of rotatable bonds is 2. The van der Waals surface area contributed by atoms with E-state index in [4.69, 9.17) is 5.11 Å². The van der Waals surface area contributed by atoms with Crippen molar-refractivity contribution < 1.29 is 9.90 Å². The van der Waals surface area contributed by atoms with E-state index in [-0.39, 0.29) is 6.42 Å². The molecular formula is C8H7N3O2. The van der Waals surface area contributed by atoms with Crippen LogP contribution in [0, 0.1) is 0 Å². The minimum absolute atomic E-state index is 0.00528. The number of fused-ring (bicyclic) bond motifs is 1. The molecule has 0 aliphatic rings. The van der Waals surface area contributed by atoms with E-state index in [1.165, 1.54) is 0 Å². The van der Waals surface area contributed by atoms with Crippen molar-refractivity contribution in [2.24, 2.45) is 0 Å².